The molecule has 1 aromatic heterocycles. The fraction of sp³-hybridized carbons (Fsp3) is 0.647. The number of piperidine rings is 1. The quantitative estimate of drug-likeness (QED) is 0.805. The van der Waals surface area contributed by atoms with E-state index in [9.17, 15) is 18.0 Å². The number of hydrogen-bond donors (Lipinski definition) is 0. The van der Waals surface area contributed by atoms with Crippen LogP contribution in [0.25, 0.3) is 0 Å². The van der Waals surface area contributed by atoms with Gasteiger partial charge < -0.3 is 14.4 Å². The van der Waals surface area contributed by atoms with E-state index < -0.39 is 23.6 Å². The fourth-order valence-electron chi connectivity index (χ4n) is 3.42. The van der Waals surface area contributed by atoms with Gasteiger partial charge in [-0.05, 0) is 45.6 Å². The number of likely N-dealkylation sites (tertiary alicyclic amines) is 1. The van der Waals surface area contributed by atoms with Crippen molar-refractivity contribution in [3.8, 4) is 5.88 Å². The molecular weight excluding hydrogens is 337 g/mol. The monoisotopic (exact) mass is 358 g/mol. The normalized spacial score (nSPS) is 26.0. The van der Waals surface area contributed by atoms with Crippen molar-refractivity contribution in [1.82, 2.24) is 9.88 Å². The molecule has 1 saturated heterocycles. The van der Waals surface area contributed by atoms with Crippen LogP contribution in [-0.2, 0) is 10.9 Å². The Morgan fingerprint density at radius 1 is 1.24 bits per heavy atom. The average Bonchev–Trinajstić information content (AvgIpc) is 3.05. The summed E-state index contributed by atoms with van der Waals surface area (Å²) in [5.74, 6) is 0.199. The van der Waals surface area contributed by atoms with Gasteiger partial charge in [-0.15, -0.1) is 0 Å². The molecule has 1 amide bonds. The molecular formula is C17H21F3N2O3. The van der Waals surface area contributed by atoms with Crippen molar-refractivity contribution in [2.24, 2.45) is 5.92 Å². The third-order valence-corrected chi connectivity index (χ3v) is 4.34. The highest BCUT2D eigenvalue weighted by atomic mass is 19.4. The topological polar surface area (TPSA) is 51.7 Å². The molecule has 5 nitrogen and oxygen atoms in total. The molecule has 0 spiro atoms. The van der Waals surface area contributed by atoms with E-state index in [1.165, 1.54) is 12.1 Å². The van der Waals surface area contributed by atoms with E-state index in [2.05, 4.69) is 4.98 Å². The lowest BCUT2D eigenvalue weighted by Gasteiger charge is -2.34. The van der Waals surface area contributed by atoms with Gasteiger partial charge in [-0.25, -0.2) is 9.78 Å². The Bertz CT molecular complexity index is 657. The SMILES string of the molecule is CC(C)(C)OC(=O)N1CC2CC(Oc3cccc(C(F)(F)F)n3)C1C2. The maximum Gasteiger partial charge on any atom is 0.433 e. The molecule has 3 unspecified atom stereocenters. The number of halogens is 3. The van der Waals surface area contributed by atoms with Crippen molar-refractivity contribution >= 4 is 6.09 Å². The van der Waals surface area contributed by atoms with Gasteiger partial charge in [0.2, 0.25) is 5.88 Å². The number of aromatic nitrogens is 1. The molecule has 0 radical (unpaired) electrons. The Balaban J connectivity index is 1.70. The standard InChI is InChI=1S/C17H21F3N2O3/c1-16(2,3)25-15(23)22-9-10-7-11(22)12(8-10)24-14-6-4-5-13(21-14)17(18,19)20/h4-6,10-12H,7-9H2,1-3H3. The molecule has 3 atom stereocenters. The lowest BCUT2D eigenvalue weighted by Crippen LogP contribution is -2.48. The zero-order chi connectivity index (χ0) is 18.4. The van der Waals surface area contributed by atoms with Gasteiger partial charge in [0, 0.05) is 12.6 Å². The van der Waals surface area contributed by atoms with Crippen LogP contribution in [-0.4, -0.2) is 40.3 Å². The summed E-state index contributed by atoms with van der Waals surface area (Å²) in [6.07, 6.45) is -3.84. The number of pyridine rings is 1. The highest BCUT2D eigenvalue weighted by Gasteiger charge is 2.49. The molecule has 25 heavy (non-hydrogen) atoms. The Labute approximate surface area is 144 Å². The Hall–Kier alpha value is -1.99. The number of carbonyl (C=O) groups excluding carboxylic acids is 1. The Morgan fingerprint density at radius 3 is 2.56 bits per heavy atom. The summed E-state index contributed by atoms with van der Waals surface area (Å²) < 4.78 is 49.4. The Morgan fingerprint density at radius 2 is 1.96 bits per heavy atom. The molecule has 3 rings (SSSR count). The number of rotatable bonds is 2. The lowest BCUT2D eigenvalue weighted by atomic mass is 10.1. The largest absolute Gasteiger partial charge is 0.472 e. The first-order chi connectivity index (χ1) is 11.5. The van der Waals surface area contributed by atoms with Gasteiger partial charge in [0.1, 0.15) is 17.4 Å². The minimum Gasteiger partial charge on any atom is -0.472 e. The van der Waals surface area contributed by atoms with Gasteiger partial charge >= 0.3 is 12.3 Å². The first kappa shape index (κ1) is 17.8. The second kappa shape index (κ2) is 6.07. The maximum atomic E-state index is 12.8. The number of hydrogen-bond acceptors (Lipinski definition) is 4. The molecule has 138 valence electrons. The summed E-state index contributed by atoms with van der Waals surface area (Å²) in [7, 11) is 0. The van der Waals surface area contributed by atoms with Gasteiger partial charge in [0.15, 0.2) is 0 Å². The van der Waals surface area contributed by atoms with Crippen molar-refractivity contribution in [3.63, 3.8) is 0 Å². The summed E-state index contributed by atoms with van der Waals surface area (Å²) in [4.78, 5) is 17.5. The van der Waals surface area contributed by atoms with Crippen molar-refractivity contribution < 1.29 is 27.4 Å². The minimum absolute atomic E-state index is 0.0727. The number of amides is 1. The number of carbonyl (C=O) groups is 1. The van der Waals surface area contributed by atoms with Crippen LogP contribution < -0.4 is 4.74 Å². The van der Waals surface area contributed by atoms with Crippen LogP contribution in [0.2, 0.25) is 0 Å². The summed E-state index contributed by atoms with van der Waals surface area (Å²) >= 11 is 0. The molecule has 1 aromatic rings. The summed E-state index contributed by atoms with van der Waals surface area (Å²) in [5.41, 5.74) is -1.59. The number of nitrogens with zero attached hydrogens (tertiary/aromatic N) is 2. The van der Waals surface area contributed by atoms with Crippen LogP contribution in [0.5, 0.6) is 5.88 Å². The van der Waals surface area contributed by atoms with Crippen LogP contribution in [0.4, 0.5) is 18.0 Å². The second-order valence-electron chi connectivity index (χ2n) is 7.55. The third-order valence-electron chi connectivity index (χ3n) is 4.34. The fourth-order valence-corrected chi connectivity index (χ4v) is 3.42. The summed E-state index contributed by atoms with van der Waals surface area (Å²) in [6, 6.07) is 3.38. The molecule has 1 saturated carbocycles. The van der Waals surface area contributed by atoms with Crippen LogP contribution in [0, 0.1) is 5.92 Å². The smallest absolute Gasteiger partial charge is 0.433 e. The van der Waals surface area contributed by atoms with Gasteiger partial charge in [-0.1, -0.05) is 6.07 Å². The van der Waals surface area contributed by atoms with E-state index in [1.807, 2.05) is 0 Å². The summed E-state index contributed by atoms with van der Waals surface area (Å²) in [6.45, 7) is 5.97. The van der Waals surface area contributed by atoms with E-state index in [0.29, 0.717) is 13.0 Å². The van der Waals surface area contributed by atoms with Crippen LogP contribution in [0.1, 0.15) is 39.3 Å². The van der Waals surface area contributed by atoms with Crippen LogP contribution >= 0.6 is 0 Å². The molecule has 1 aliphatic carbocycles. The zero-order valence-electron chi connectivity index (χ0n) is 14.3. The van der Waals surface area contributed by atoms with E-state index in [0.717, 1.165) is 12.5 Å². The molecule has 2 fully saturated rings. The van der Waals surface area contributed by atoms with E-state index >= 15 is 0 Å². The number of ether oxygens (including phenoxy) is 2. The highest BCUT2D eigenvalue weighted by molar-refractivity contribution is 5.69. The zero-order valence-corrected chi connectivity index (χ0v) is 14.3. The molecule has 0 aromatic carbocycles. The average molecular weight is 358 g/mol. The van der Waals surface area contributed by atoms with Crippen LogP contribution in [0.15, 0.2) is 18.2 Å². The van der Waals surface area contributed by atoms with Crippen molar-refractivity contribution in [3.05, 3.63) is 23.9 Å². The van der Waals surface area contributed by atoms with E-state index in [4.69, 9.17) is 9.47 Å². The van der Waals surface area contributed by atoms with Crippen LogP contribution in [0.3, 0.4) is 0 Å². The molecule has 2 heterocycles. The third kappa shape index (κ3) is 3.99. The molecule has 0 N–H and O–H groups in total. The van der Waals surface area contributed by atoms with Crippen molar-refractivity contribution in [2.75, 3.05) is 6.54 Å². The first-order valence-corrected chi connectivity index (χ1v) is 8.23. The predicted octanol–water partition coefficient (Wildman–Crippen LogP) is 3.88. The second-order valence-corrected chi connectivity index (χ2v) is 7.55. The van der Waals surface area contributed by atoms with E-state index in [1.54, 1.807) is 25.7 Å². The maximum absolute atomic E-state index is 12.8. The van der Waals surface area contributed by atoms with Crippen molar-refractivity contribution in [2.45, 2.75) is 57.5 Å². The highest BCUT2D eigenvalue weighted by Crippen LogP contribution is 2.40. The number of fused-ring (bicyclic) bond motifs is 2. The first-order valence-electron chi connectivity index (χ1n) is 8.23. The van der Waals surface area contributed by atoms with Gasteiger partial charge in [0.25, 0.3) is 0 Å². The van der Waals surface area contributed by atoms with Gasteiger partial charge in [0.05, 0.1) is 6.04 Å². The van der Waals surface area contributed by atoms with Gasteiger partial charge in [-0.2, -0.15) is 13.2 Å². The van der Waals surface area contributed by atoms with E-state index in [-0.39, 0.29) is 23.9 Å². The molecule has 2 aliphatic rings. The summed E-state index contributed by atoms with van der Waals surface area (Å²) in [5, 5.41) is 0. The van der Waals surface area contributed by atoms with Gasteiger partial charge in [-0.3, -0.25) is 0 Å². The molecule has 8 heteroatoms. The predicted molar refractivity (Wildman–Crippen MR) is 83.1 cm³/mol. The van der Waals surface area contributed by atoms with Crippen molar-refractivity contribution in [1.29, 1.82) is 0 Å². The lowest BCUT2D eigenvalue weighted by molar-refractivity contribution is -0.141. The number of alkyl halides is 3. The molecule has 1 aliphatic heterocycles. The Kier molecular flexibility index (Phi) is 4.33. The minimum atomic E-state index is -4.52. The molecule has 2 bridgehead atoms.